The van der Waals surface area contributed by atoms with Gasteiger partial charge in [0.05, 0.1) is 22.2 Å². The third-order valence-corrected chi connectivity index (χ3v) is 7.78. The van der Waals surface area contributed by atoms with Crippen molar-refractivity contribution < 1.29 is 29.4 Å². The number of amides is 2. The second-order valence-electron chi connectivity index (χ2n) is 7.91. The van der Waals surface area contributed by atoms with Crippen LogP contribution in [0.1, 0.15) is 31.5 Å². The number of halogens is 2. The molecule has 3 atom stereocenters. The van der Waals surface area contributed by atoms with Crippen molar-refractivity contribution in [2.75, 3.05) is 24.5 Å². The smallest absolute Gasteiger partial charge is 0.347 e. The van der Waals surface area contributed by atoms with E-state index in [9.17, 15) is 24.3 Å². The normalized spacial score (nSPS) is 20.9. The molecule has 5 N–H and O–H groups in total. The largest absolute Gasteiger partial charge is 0.480 e. The average molecular weight is 516 g/mol. The zero-order valence-electron chi connectivity index (χ0n) is 17.1. The Morgan fingerprint density at radius 3 is 2.39 bits per heavy atom. The molecule has 0 unspecified atom stereocenters. The van der Waals surface area contributed by atoms with E-state index in [1.807, 2.05) is 4.90 Å². The Balaban J connectivity index is 1.37. The van der Waals surface area contributed by atoms with Gasteiger partial charge in [-0.05, 0) is 6.92 Å². The van der Waals surface area contributed by atoms with Gasteiger partial charge < -0.3 is 30.7 Å². The number of carbonyl (C=O) groups is 4. The molecule has 14 heteroatoms. The van der Waals surface area contributed by atoms with E-state index in [2.05, 4.69) is 20.6 Å². The van der Waals surface area contributed by atoms with Gasteiger partial charge in [0.1, 0.15) is 17.1 Å². The SMILES string of the molecule is Cc1[nH]c(C(=O)N[C@H]2[C@@H]3CN(c4nc(CC(=O)NCC(=O)O)c(C(=O)O)s4)C[C@@H]32)c(Cl)c1Cl. The van der Waals surface area contributed by atoms with Crippen LogP contribution in [0.4, 0.5) is 5.13 Å². The molecule has 2 aromatic rings. The van der Waals surface area contributed by atoms with Crippen LogP contribution in [0.15, 0.2) is 0 Å². The van der Waals surface area contributed by atoms with Crippen LogP contribution in [0.25, 0.3) is 0 Å². The molecule has 0 spiro atoms. The molecule has 1 aliphatic heterocycles. The molecular weight excluding hydrogens is 497 g/mol. The number of H-pyrrole nitrogens is 1. The maximum Gasteiger partial charge on any atom is 0.347 e. The van der Waals surface area contributed by atoms with Gasteiger partial charge in [0, 0.05) is 36.7 Å². The van der Waals surface area contributed by atoms with Crippen molar-refractivity contribution in [3.63, 3.8) is 0 Å². The highest BCUT2D eigenvalue weighted by atomic mass is 35.5. The first kappa shape index (κ1) is 23.3. The van der Waals surface area contributed by atoms with Crippen molar-refractivity contribution in [2.24, 2.45) is 11.8 Å². The van der Waals surface area contributed by atoms with Gasteiger partial charge >= 0.3 is 11.9 Å². The summed E-state index contributed by atoms with van der Waals surface area (Å²) in [7, 11) is 0. The number of hydrogen-bond donors (Lipinski definition) is 5. The topological polar surface area (TPSA) is 165 Å². The number of nitrogens with zero attached hydrogens (tertiary/aromatic N) is 2. The molecular formula is C19H19Cl2N5O6S. The van der Waals surface area contributed by atoms with E-state index in [0.717, 1.165) is 11.3 Å². The zero-order chi connectivity index (χ0) is 24.0. The predicted molar refractivity (Wildman–Crippen MR) is 119 cm³/mol. The lowest BCUT2D eigenvalue weighted by molar-refractivity contribution is -0.137. The summed E-state index contributed by atoms with van der Waals surface area (Å²) in [5.74, 6) is -3.00. The number of piperidine rings is 1. The number of nitrogens with one attached hydrogen (secondary N) is 3. The molecule has 1 aliphatic carbocycles. The van der Waals surface area contributed by atoms with Crippen molar-refractivity contribution in [2.45, 2.75) is 19.4 Å². The molecule has 33 heavy (non-hydrogen) atoms. The lowest BCUT2D eigenvalue weighted by Gasteiger charge is -2.19. The number of aromatic nitrogens is 2. The fraction of sp³-hybridized carbons (Fsp3) is 0.421. The Kier molecular flexibility index (Phi) is 6.25. The van der Waals surface area contributed by atoms with Crippen molar-refractivity contribution >= 4 is 63.4 Å². The number of carbonyl (C=O) groups excluding carboxylic acids is 2. The van der Waals surface area contributed by atoms with Crippen LogP contribution in [0.2, 0.25) is 10.0 Å². The number of aromatic amines is 1. The fourth-order valence-corrected chi connectivity index (χ4v) is 5.35. The Hall–Kier alpha value is -2.83. The van der Waals surface area contributed by atoms with Crippen LogP contribution in [-0.4, -0.2) is 69.6 Å². The highest BCUT2D eigenvalue weighted by molar-refractivity contribution is 7.17. The van der Waals surface area contributed by atoms with E-state index in [-0.39, 0.29) is 51.5 Å². The number of rotatable bonds is 8. The summed E-state index contributed by atoms with van der Waals surface area (Å²) < 4.78 is 0. The maximum absolute atomic E-state index is 12.5. The monoisotopic (exact) mass is 515 g/mol. The molecule has 1 saturated carbocycles. The predicted octanol–water partition coefficient (Wildman–Crippen LogP) is 1.39. The Morgan fingerprint density at radius 2 is 1.85 bits per heavy atom. The third kappa shape index (κ3) is 4.63. The van der Waals surface area contributed by atoms with E-state index in [4.69, 9.17) is 28.3 Å². The molecule has 0 aromatic carbocycles. The molecule has 11 nitrogen and oxygen atoms in total. The molecule has 4 rings (SSSR count). The first-order valence-corrected chi connectivity index (χ1v) is 11.4. The van der Waals surface area contributed by atoms with E-state index in [1.165, 1.54) is 0 Å². The Labute approximate surface area is 201 Å². The molecule has 0 radical (unpaired) electrons. The number of aromatic carboxylic acids is 1. The van der Waals surface area contributed by atoms with Crippen molar-refractivity contribution in [1.82, 2.24) is 20.6 Å². The summed E-state index contributed by atoms with van der Waals surface area (Å²) in [6.07, 6.45) is -0.330. The number of carboxylic acids is 2. The lowest BCUT2D eigenvalue weighted by atomic mass is 10.2. The summed E-state index contributed by atoms with van der Waals surface area (Å²) in [5, 5.41) is 24.2. The van der Waals surface area contributed by atoms with E-state index in [0.29, 0.717) is 28.9 Å². The van der Waals surface area contributed by atoms with Gasteiger partial charge in [0.25, 0.3) is 5.91 Å². The number of carboxylic acid groups (broad SMARTS) is 2. The minimum Gasteiger partial charge on any atom is -0.480 e. The Bertz CT molecular complexity index is 1150. The van der Waals surface area contributed by atoms with Gasteiger partial charge in [-0.2, -0.15) is 0 Å². The summed E-state index contributed by atoms with van der Waals surface area (Å²) in [5.41, 5.74) is 0.918. The fourth-order valence-electron chi connectivity index (χ4n) is 4.00. The van der Waals surface area contributed by atoms with Gasteiger partial charge in [-0.3, -0.25) is 14.4 Å². The number of aliphatic carboxylic acids is 1. The Morgan fingerprint density at radius 1 is 1.18 bits per heavy atom. The number of hydrogen-bond acceptors (Lipinski definition) is 7. The highest BCUT2D eigenvalue weighted by Crippen LogP contribution is 2.48. The van der Waals surface area contributed by atoms with Gasteiger partial charge in [-0.15, -0.1) is 0 Å². The first-order chi connectivity index (χ1) is 15.6. The molecule has 176 valence electrons. The maximum atomic E-state index is 12.5. The quantitative estimate of drug-likeness (QED) is 0.351. The molecule has 1 saturated heterocycles. The van der Waals surface area contributed by atoms with Crippen LogP contribution < -0.4 is 15.5 Å². The second-order valence-corrected chi connectivity index (χ2v) is 9.64. The molecule has 2 fully saturated rings. The lowest BCUT2D eigenvalue weighted by Crippen LogP contribution is -2.35. The van der Waals surface area contributed by atoms with Crippen LogP contribution >= 0.6 is 34.5 Å². The van der Waals surface area contributed by atoms with Crippen LogP contribution in [0.3, 0.4) is 0 Å². The molecule has 2 amide bonds. The van der Waals surface area contributed by atoms with Gasteiger partial charge in [0.15, 0.2) is 5.13 Å². The molecule has 3 heterocycles. The minimum atomic E-state index is -1.20. The highest BCUT2D eigenvalue weighted by Gasteiger charge is 2.57. The molecule has 0 bridgehead atoms. The summed E-state index contributed by atoms with van der Waals surface area (Å²) in [4.78, 5) is 55.7. The molecule has 2 aromatic heterocycles. The number of fused-ring (bicyclic) bond motifs is 1. The standard InChI is InChI=1S/C19H19Cl2N5O6S/c1-6-12(20)13(21)15(23-6)17(30)25-14-7-4-26(5-8(7)14)19-24-9(16(33-19)18(31)32)2-10(27)22-3-11(28)29/h7-8,14,23H,2-5H2,1H3,(H,22,27)(H,25,30)(H,28,29)(H,31,32)/t7-,8+,14+. The van der Waals surface area contributed by atoms with Gasteiger partial charge in [-0.1, -0.05) is 34.5 Å². The average Bonchev–Trinajstić information content (AvgIpc) is 3.12. The van der Waals surface area contributed by atoms with E-state index in [1.54, 1.807) is 6.92 Å². The van der Waals surface area contributed by atoms with E-state index >= 15 is 0 Å². The number of aryl methyl sites for hydroxylation is 1. The van der Waals surface area contributed by atoms with Crippen molar-refractivity contribution in [3.05, 3.63) is 32.0 Å². The van der Waals surface area contributed by atoms with Crippen molar-refractivity contribution in [1.29, 1.82) is 0 Å². The van der Waals surface area contributed by atoms with Crippen LogP contribution in [0.5, 0.6) is 0 Å². The zero-order valence-corrected chi connectivity index (χ0v) is 19.5. The van der Waals surface area contributed by atoms with Gasteiger partial charge in [0.2, 0.25) is 5.91 Å². The third-order valence-electron chi connectivity index (χ3n) is 5.69. The summed E-state index contributed by atoms with van der Waals surface area (Å²) >= 11 is 13.1. The second kappa shape index (κ2) is 8.84. The van der Waals surface area contributed by atoms with Crippen LogP contribution in [-0.2, 0) is 16.0 Å². The number of anilines is 1. The van der Waals surface area contributed by atoms with Gasteiger partial charge in [-0.25, -0.2) is 9.78 Å². The minimum absolute atomic E-state index is 0.0348. The van der Waals surface area contributed by atoms with E-state index < -0.39 is 24.4 Å². The summed E-state index contributed by atoms with van der Waals surface area (Å²) in [6, 6.07) is -0.0348. The first-order valence-electron chi connectivity index (χ1n) is 9.87. The number of thiazole rings is 1. The molecule has 2 aliphatic rings. The van der Waals surface area contributed by atoms with Crippen molar-refractivity contribution in [3.8, 4) is 0 Å². The van der Waals surface area contributed by atoms with Crippen LogP contribution in [0, 0.1) is 18.8 Å². The summed E-state index contributed by atoms with van der Waals surface area (Å²) in [6.45, 7) is 2.31.